The molecule has 0 bridgehead atoms. The maximum atomic E-state index is 13.8. The van der Waals surface area contributed by atoms with E-state index in [1.54, 1.807) is 6.20 Å². The second-order valence-corrected chi connectivity index (χ2v) is 6.88. The Morgan fingerprint density at radius 2 is 2.13 bits per heavy atom. The maximum Gasteiger partial charge on any atom is 0.319 e. The molecule has 0 atom stereocenters. The number of benzene rings is 1. The summed E-state index contributed by atoms with van der Waals surface area (Å²) in [5, 5.41) is 6.26. The van der Waals surface area contributed by atoms with Crippen molar-refractivity contribution in [2.24, 2.45) is 0 Å². The molecule has 0 saturated carbocycles. The highest BCUT2D eigenvalue weighted by Gasteiger charge is 2.14. The molecule has 1 aliphatic heterocycles. The average Bonchev–Trinajstić information content (AvgIpc) is 3.16. The summed E-state index contributed by atoms with van der Waals surface area (Å²) in [6, 6.07) is 4.27. The Hall–Kier alpha value is -2.15. The van der Waals surface area contributed by atoms with Gasteiger partial charge in [0.2, 0.25) is 0 Å². The topological polar surface area (TPSA) is 57.3 Å². The van der Waals surface area contributed by atoms with E-state index in [9.17, 15) is 9.18 Å². The molecule has 1 aliphatic rings. The van der Waals surface area contributed by atoms with E-state index < -0.39 is 0 Å². The number of aryl methyl sites for hydroxylation is 1. The zero-order valence-electron chi connectivity index (χ0n) is 12.9. The van der Waals surface area contributed by atoms with Crippen molar-refractivity contribution >= 4 is 28.7 Å². The van der Waals surface area contributed by atoms with Crippen LogP contribution in [0.4, 0.5) is 20.6 Å². The zero-order valence-corrected chi connectivity index (χ0v) is 13.8. The van der Waals surface area contributed by atoms with Crippen LogP contribution in [0.5, 0.6) is 0 Å². The predicted octanol–water partition coefficient (Wildman–Crippen LogP) is 3.51. The number of nitrogens with zero attached hydrogens (tertiary/aromatic N) is 2. The van der Waals surface area contributed by atoms with Crippen molar-refractivity contribution in [3.8, 4) is 0 Å². The number of hydrogen-bond donors (Lipinski definition) is 2. The highest BCUT2D eigenvalue weighted by molar-refractivity contribution is 7.11. The third-order valence-corrected chi connectivity index (χ3v) is 4.59. The van der Waals surface area contributed by atoms with Crippen molar-refractivity contribution in [3.63, 3.8) is 0 Å². The van der Waals surface area contributed by atoms with E-state index in [0.29, 0.717) is 12.2 Å². The third kappa shape index (κ3) is 4.19. The second-order valence-electron chi connectivity index (χ2n) is 5.56. The first-order valence-corrected chi connectivity index (χ1v) is 8.43. The molecule has 0 aliphatic carbocycles. The molecule has 0 spiro atoms. The van der Waals surface area contributed by atoms with Gasteiger partial charge in [0.25, 0.3) is 0 Å². The van der Waals surface area contributed by atoms with Crippen molar-refractivity contribution in [2.45, 2.75) is 26.3 Å². The van der Waals surface area contributed by atoms with Crippen molar-refractivity contribution in [1.29, 1.82) is 0 Å². The molecule has 3 rings (SSSR count). The van der Waals surface area contributed by atoms with Crippen molar-refractivity contribution in [2.75, 3.05) is 23.3 Å². The number of aromatic nitrogens is 1. The van der Waals surface area contributed by atoms with Crippen LogP contribution < -0.4 is 15.5 Å². The number of anilines is 2. The first kappa shape index (κ1) is 15.7. The number of carbonyl (C=O) groups is 1. The van der Waals surface area contributed by atoms with Gasteiger partial charge in [-0.05, 0) is 38.0 Å². The number of halogens is 1. The molecule has 0 unspecified atom stereocenters. The molecule has 2 amide bonds. The minimum absolute atomic E-state index is 0.347. The normalized spacial score (nSPS) is 14.1. The Morgan fingerprint density at radius 3 is 2.83 bits per heavy atom. The highest BCUT2D eigenvalue weighted by atomic mass is 32.1. The molecule has 122 valence electrons. The van der Waals surface area contributed by atoms with Crippen LogP contribution in [0.25, 0.3) is 0 Å². The number of thiazole rings is 1. The van der Waals surface area contributed by atoms with E-state index in [1.165, 1.54) is 23.5 Å². The number of nitrogens with one attached hydrogen (secondary N) is 2. The van der Waals surface area contributed by atoms with Crippen LogP contribution in [-0.2, 0) is 6.54 Å². The van der Waals surface area contributed by atoms with Crippen molar-refractivity contribution < 1.29 is 9.18 Å². The summed E-state index contributed by atoms with van der Waals surface area (Å²) in [6.07, 6.45) is 4.01. The van der Waals surface area contributed by atoms with Gasteiger partial charge >= 0.3 is 6.03 Å². The fourth-order valence-electron chi connectivity index (χ4n) is 2.62. The Labute approximate surface area is 138 Å². The molecule has 1 saturated heterocycles. The lowest BCUT2D eigenvalue weighted by atomic mass is 10.2. The Morgan fingerprint density at radius 1 is 1.35 bits per heavy atom. The molecular weight excluding hydrogens is 315 g/mol. The summed E-state index contributed by atoms with van der Waals surface area (Å²) >= 11 is 1.54. The van der Waals surface area contributed by atoms with Gasteiger partial charge in [-0.3, -0.25) is 0 Å². The van der Waals surface area contributed by atoms with Gasteiger partial charge in [-0.1, -0.05) is 0 Å². The van der Waals surface area contributed by atoms with Crippen molar-refractivity contribution in [3.05, 3.63) is 40.1 Å². The molecule has 2 heterocycles. The van der Waals surface area contributed by atoms with Gasteiger partial charge in [0, 0.05) is 35.5 Å². The monoisotopic (exact) mass is 334 g/mol. The van der Waals surface area contributed by atoms with Gasteiger partial charge in [-0.25, -0.2) is 14.2 Å². The van der Waals surface area contributed by atoms with Crippen LogP contribution in [-0.4, -0.2) is 24.1 Å². The average molecular weight is 334 g/mol. The van der Waals surface area contributed by atoms with Crippen LogP contribution in [0.1, 0.15) is 22.7 Å². The first-order chi connectivity index (χ1) is 11.1. The molecule has 2 aromatic rings. The molecule has 7 heteroatoms. The maximum absolute atomic E-state index is 13.8. The van der Waals surface area contributed by atoms with Gasteiger partial charge in [0.05, 0.1) is 6.54 Å². The fourth-order valence-corrected chi connectivity index (χ4v) is 3.35. The highest BCUT2D eigenvalue weighted by Crippen LogP contribution is 2.25. The molecule has 1 fully saturated rings. The first-order valence-electron chi connectivity index (χ1n) is 7.62. The molecule has 0 radical (unpaired) electrons. The SMILES string of the molecule is Cc1cnc(CNC(=O)Nc2cc(F)cc(N3CCCC3)c2)s1. The number of carbonyl (C=O) groups excluding carboxylic acids is 1. The van der Waals surface area contributed by atoms with Gasteiger partial charge in [0.1, 0.15) is 10.8 Å². The van der Waals surface area contributed by atoms with Crippen LogP contribution in [0.3, 0.4) is 0 Å². The Balaban J connectivity index is 1.61. The van der Waals surface area contributed by atoms with Crippen molar-refractivity contribution in [1.82, 2.24) is 10.3 Å². The van der Waals surface area contributed by atoms with Crippen LogP contribution in [0.2, 0.25) is 0 Å². The van der Waals surface area contributed by atoms with Gasteiger partial charge in [0.15, 0.2) is 0 Å². The minimum Gasteiger partial charge on any atom is -0.371 e. The summed E-state index contributed by atoms with van der Waals surface area (Å²) in [5.74, 6) is -0.347. The summed E-state index contributed by atoms with van der Waals surface area (Å²) in [7, 11) is 0. The smallest absolute Gasteiger partial charge is 0.319 e. The standard InChI is InChI=1S/C16H19FN4OS/c1-11-9-18-15(23-11)10-19-16(22)20-13-6-12(17)7-14(8-13)21-4-2-3-5-21/h6-9H,2-5,10H2,1H3,(H2,19,20,22). The van der Waals surface area contributed by atoms with Crippen LogP contribution in [0, 0.1) is 12.7 Å². The summed E-state index contributed by atoms with van der Waals surface area (Å²) in [6.45, 7) is 4.18. The Kier molecular flexibility index (Phi) is 4.76. The summed E-state index contributed by atoms with van der Waals surface area (Å²) < 4.78 is 13.8. The second kappa shape index (κ2) is 6.95. The molecule has 1 aromatic carbocycles. The van der Waals surface area contributed by atoms with E-state index in [-0.39, 0.29) is 11.8 Å². The van der Waals surface area contributed by atoms with E-state index in [1.807, 2.05) is 13.0 Å². The summed E-state index contributed by atoms with van der Waals surface area (Å²) in [5.41, 5.74) is 1.27. The van der Waals surface area contributed by atoms with E-state index >= 15 is 0 Å². The lowest BCUT2D eigenvalue weighted by Crippen LogP contribution is -2.28. The molecule has 23 heavy (non-hydrogen) atoms. The lowest BCUT2D eigenvalue weighted by Gasteiger charge is -2.18. The minimum atomic E-state index is -0.365. The quantitative estimate of drug-likeness (QED) is 0.899. The summed E-state index contributed by atoms with van der Waals surface area (Å²) in [4.78, 5) is 19.4. The molecule has 5 nitrogen and oxygen atoms in total. The lowest BCUT2D eigenvalue weighted by molar-refractivity contribution is 0.251. The van der Waals surface area contributed by atoms with E-state index in [0.717, 1.165) is 41.5 Å². The van der Waals surface area contributed by atoms with Crippen LogP contribution in [0.15, 0.2) is 24.4 Å². The largest absolute Gasteiger partial charge is 0.371 e. The number of hydrogen-bond acceptors (Lipinski definition) is 4. The molecule has 2 N–H and O–H groups in total. The van der Waals surface area contributed by atoms with Gasteiger partial charge in [-0.15, -0.1) is 11.3 Å². The molecular formula is C16H19FN4OS. The zero-order chi connectivity index (χ0) is 16.2. The fraction of sp³-hybridized carbons (Fsp3) is 0.375. The Bertz CT molecular complexity index is 697. The third-order valence-electron chi connectivity index (χ3n) is 3.68. The number of amides is 2. The van der Waals surface area contributed by atoms with Gasteiger partial charge < -0.3 is 15.5 Å². The predicted molar refractivity (Wildman–Crippen MR) is 90.6 cm³/mol. The van der Waals surface area contributed by atoms with E-state index in [4.69, 9.17) is 0 Å². The van der Waals surface area contributed by atoms with E-state index in [2.05, 4.69) is 20.5 Å². The number of rotatable bonds is 4. The number of urea groups is 1. The van der Waals surface area contributed by atoms with Gasteiger partial charge in [-0.2, -0.15) is 0 Å². The van der Waals surface area contributed by atoms with Crippen LogP contribution >= 0.6 is 11.3 Å². The molecule has 1 aromatic heterocycles.